The van der Waals surface area contributed by atoms with Gasteiger partial charge in [0.25, 0.3) is 0 Å². The smallest absolute Gasteiger partial charge is 0.168 e. The first-order valence-electron chi connectivity index (χ1n) is 5.77. The lowest BCUT2D eigenvalue weighted by molar-refractivity contribution is -0.154. The van der Waals surface area contributed by atoms with Gasteiger partial charge in [0.15, 0.2) is 0 Å². The van der Waals surface area contributed by atoms with Crippen molar-refractivity contribution in [3.8, 4) is 0 Å². The van der Waals surface area contributed by atoms with Crippen LogP contribution in [0.15, 0.2) is 0 Å². The van der Waals surface area contributed by atoms with Gasteiger partial charge in [-0.05, 0) is 12.3 Å². The van der Waals surface area contributed by atoms with Crippen LogP contribution in [0.2, 0.25) is 0 Å². The Balaban J connectivity index is 2.03. The van der Waals surface area contributed by atoms with E-state index in [1.54, 1.807) is 0 Å². The Hall–Kier alpha value is -0.190. The second-order valence-corrected chi connectivity index (χ2v) is 5.20. The van der Waals surface area contributed by atoms with Crippen LogP contribution in [-0.4, -0.2) is 19.4 Å². The number of hydrogen-bond acceptors (Lipinski definition) is 3. The summed E-state index contributed by atoms with van der Waals surface area (Å²) in [6.45, 7) is -1.32. The topological polar surface area (TPSA) is 35.5 Å². The molecule has 1 aliphatic carbocycles. The summed E-state index contributed by atoms with van der Waals surface area (Å²) in [6.07, 6.45) is 2.18. The second kappa shape index (κ2) is 7.29. The standard InChI is InChI=1S/C10H17F3O3P/c11-10(12,13)8-16-17(14)15-7-6-9-4-2-1-3-5-9/h9H,1-8H2/q+1. The van der Waals surface area contributed by atoms with Crippen LogP contribution in [0.4, 0.5) is 13.2 Å². The zero-order valence-corrected chi connectivity index (χ0v) is 10.4. The molecule has 7 heteroatoms. The fourth-order valence-electron chi connectivity index (χ4n) is 1.93. The van der Waals surface area contributed by atoms with Crippen LogP contribution in [-0.2, 0) is 13.6 Å². The van der Waals surface area contributed by atoms with Crippen molar-refractivity contribution in [2.24, 2.45) is 5.92 Å². The quantitative estimate of drug-likeness (QED) is 0.680. The Morgan fingerprint density at radius 3 is 2.35 bits per heavy atom. The van der Waals surface area contributed by atoms with Crippen molar-refractivity contribution in [1.82, 2.24) is 0 Å². The monoisotopic (exact) mass is 273 g/mol. The molecule has 0 N–H and O–H groups in total. The van der Waals surface area contributed by atoms with E-state index >= 15 is 0 Å². The number of halogens is 3. The molecule has 100 valence electrons. The van der Waals surface area contributed by atoms with Crippen molar-refractivity contribution in [2.45, 2.75) is 44.7 Å². The zero-order chi connectivity index (χ0) is 12.7. The molecule has 0 spiro atoms. The van der Waals surface area contributed by atoms with Gasteiger partial charge in [0.2, 0.25) is 6.61 Å². The summed E-state index contributed by atoms with van der Waals surface area (Å²) < 4.78 is 54.9. The van der Waals surface area contributed by atoms with E-state index in [1.165, 1.54) is 19.3 Å². The summed E-state index contributed by atoms with van der Waals surface area (Å²) in [5, 5.41) is 0. The fraction of sp³-hybridized carbons (Fsp3) is 1.00. The lowest BCUT2D eigenvalue weighted by Crippen LogP contribution is -2.14. The lowest BCUT2D eigenvalue weighted by Gasteiger charge is -2.19. The molecule has 0 bridgehead atoms. The highest BCUT2D eigenvalue weighted by Gasteiger charge is 2.35. The molecule has 0 aromatic heterocycles. The molecule has 0 heterocycles. The molecule has 0 aliphatic heterocycles. The van der Waals surface area contributed by atoms with E-state index in [2.05, 4.69) is 4.52 Å². The third kappa shape index (κ3) is 7.68. The van der Waals surface area contributed by atoms with Crippen LogP contribution in [0.5, 0.6) is 0 Å². The molecule has 0 amide bonds. The molecule has 1 rings (SSSR count). The number of rotatable bonds is 6. The molecule has 3 nitrogen and oxygen atoms in total. The summed E-state index contributed by atoms with van der Waals surface area (Å²) in [6, 6.07) is 0. The summed E-state index contributed by atoms with van der Waals surface area (Å²) >= 11 is 0. The molecule has 1 saturated carbocycles. The Bertz CT molecular complexity index is 239. The van der Waals surface area contributed by atoms with Crippen molar-refractivity contribution in [3.63, 3.8) is 0 Å². The summed E-state index contributed by atoms with van der Waals surface area (Å²) in [5.41, 5.74) is 0. The van der Waals surface area contributed by atoms with Crippen LogP contribution in [0, 0.1) is 5.92 Å². The largest absolute Gasteiger partial charge is 0.697 e. The molecule has 0 saturated heterocycles. The van der Waals surface area contributed by atoms with Crippen LogP contribution in [0.1, 0.15) is 38.5 Å². The van der Waals surface area contributed by atoms with Crippen LogP contribution >= 0.6 is 8.25 Å². The van der Waals surface area contributed by atoms with Gasteiger partial charge in [-0.3, -0.25) is 0 Å². The predicted molar refractivity (Wildman–Crippen MR) is 56.8 cm³/mol. The minimum atomic E-state index is -4.46. The minimum Gasteiger partial charge on any atom is -0.168 e. The van der Waals surface area contributed by atoms with Gasteiger partial charge < -0.3 is 0 Å². The van der Waals surface area contributed by atoms with Gasteiger partial charge in [-0.15, -0.1) is 9.05 Å². The van der Waals surface area contributed by atoms with E-state index in [-0.39, 0.29) is 6.61 Å². The van der Waals surface area contributed by atoms with Crippen molar-refractivity contribution < 1.29 is 26.8 Å². The van der Waals surface area contributed by atoms with Crippen molar-refractivity contribution >= 4 is 8.25 Å². The Kier molecular flexibility index (Phi) is 6.38. The molecular weight excluding hydrogens is 256 g/mol. The van der Waals surface area contributed by atoms with E-state index < -0.39 is 21.0 Å². The van der Waals surface area contributed by atoms with Crippen LogP contribution < -0.4 is 0 Å². The average molecular weight is 273 g/mol. The first-order valence-corrected chi connectivity index (χ1v) is 6.87. The van der Waals surface area contributed by atoms with Gasteiger partial charge >= 0.3 is 14.4 Å². The molecule has 17 heavy (non-hydrogen) atoms. The lowest BCUT2D eigenvalue weighted by atomic mass is 9.87. The van der Waals surface area contributed by atoms with Crippen molar-refractivity contribution in [1.29, 1.82) is 0 Å². The van der Waals surface area contributed by atoms with E-state index in [1.807, 2.05) is 0 Å². The Labute approximate surface area is 99.6 Å². The maximum atomic E-state index is 11.7. The highest BCUT2D eigenvalue weighted by Crippen LogP contribution is 2.31. The van der Waals surface area contributed by atoms with Gasteiger partial charge in [0.1, 0.15) is 6.61 Å². The highest BCUT2D eigenvalue weighted by atomic mass is 31.1. The normalized spacial score (nSPS) is 19.4. The molecule has 1 fully saturated rings. The van der Waals surface area contributed by atoms with E-state index in [9.17, 15) is 17.7 Å². The van der Waals surface area contributed by atoms with Crippen molar-refractivity contribution in [3.05, 3.63) is 0 Å². The average Bonchev–Trinajstić information content (AvgIpc) is 2.27. The number of alkyl halides is 3. The third-order valence-electron chi connectivity index (χ3n) is 2.78. The van der Waals surface area contributed by atoms with E-state index in [0.29, 0.717) is 5.92 Å². The minimum absolute atomic E-state index is 0.206. The first-order chi connectivity index (χ1) is 7.97. The molecule has 0 aromatic rings. The van der Waals surface area contributed by atoms with Gasteiger partial charge in [-0.1, -0.05) is 32.1 Å². The predicted octanol–water partition coefficient (Wildman–Crippen LogP) is 4.21. The van der Waals surface area contributed by atoms with Gasteiger partial charge in [-0.25, -0.2) is 0 Å². The molecule has 0 aromatic carbocycles. The van der Waals surface area contributed by atoms with Crippen LogP contribution in [0.3, 0.4) is 0 Å². The SMILES string of the molecule is O=[P+](OCCC1CCCCC1)OCC(F)(F)F. The highest BCUT2D eigenvalue weighted by molar-refractivity contribution is 7.33. The maximum Gasteiger partial charge on any atom is 0.697 e. The van der Waals surface area contributed by atoms with Gasteiger partial charge in [-0.2, -0.15) is 13.2 Å². The Morgan fingerprint density at radius 1 is 1.12 bits per heavy atom. The molecule has 1 atom stereocenters. The summed E-state index contributed by atoms with van der Waals surface area (Å²) in [7, 11) is -2.64. The van der Waals surface area contributed by atoms with E-state index in [4.69, 9.17) is 4.52 Å². The molecule has 0 radical (unpaired) electrons. The summed E-state index contributed by atoms with van der Waals surface area (Å²) in [5.74, 6) is 0.551. The fourth-order valence-corrected chi connectivity index (χ4v) is 2.51. The van der Waals surface area contributed by atoms with E-state index in [0.717, 1.165) is 19.3 Å². The third-order valence-corrected chi connectivity index (χ3v) is 3.51. The molecule has 1 aliphatic rings. The molecule has 1 unspecified atom stereocenters. The maximum absolute atomic E-state index is 11.7. The van der Waals surface area contributed by atoms with Gasteiger partial charge in [0.05, 0.1) is 0 Å². The Morgan fingerprint density at radius 2 is 1.76 bits per heavy atom. The van der Waals surface area contributed by atoms with Gasteiger partial charge in [0, 0.05) is 4.57 Å². The van der Waals surface area contributed by atoms with Crippen LogP contribution in [0.25, 0.3) is 0 Å². The molecular formula is C10H17F3O3P+. The second-order valence-electron chi connectivity index (χ2n) is 4.24. The summed E-state index contributed by atoms with van der Waals surface area (Å²) in [4.78, 5) is 0. The van der Waals surface area contributed by atoms with Crippen molar-refractivity contribution in [2.75, 3.05) is 13.2 Å². The zero-order valence-electron chi connectivity index (χ0n) is 9.54. The first kappa shape index (κ1) is 14.9. The number of hydrogen-bond donors (Lipinski definition) is 0.